The van der Waals surface area contributed by atoms with Crippen molar-refractivity contribution in [1.82, 2.24) is 10.3 Å². The molecule has 2 amide bonds. The molecule has 1 aliphatic carbocycles. The summed E-state index contributed by atoms with van der Waals surface area (Å²) in [5.41, 5.74) is 5.79. The molecule has 1 aliphatic heterocycles. The third-order valence-corrected chi connectivity index (χ3v) is 5.45. The average Bonchev–Trinajstić information content (AvgIpc) is 3.26. The van der Waals surface area contributed by atoms with Gasteiger partial charge in [-0.1, -0.05) is 24.3 Å². The fourth-order valence-electron chi connectivity index (χ4n) is 4.44. The van der Waals surface area contributed by atoms with Crippen LogP contribution in [0.2, 0.25) is 0 Å². The third kappa shape index (κ3) is 1.49. The number of nitrogens with one attached hydrogen (secondary N) is 2. The van der Waals surface area contributed by atoms with E-state index in [0.717, 1.165) is 32.9 Å². The van der Waals surface area contributed by atoms with E-state index in [1.54, 1.807) is 6.07 Å². The number of benzene rings is 3. The molecule has 1 aromatic heterocycles. The molecule has 0 atom stereocenters. The van der Waals surface area contributed by atoms with E-state index >= 15 is 0 Å². The van der Waals surface area contributed by atoms with E-state index in [1.165, 1.54) is 12.1 Å². The van der Waals surface area contributed by atoms with E-state index < -0.39 is 11.8 Å². The van der Waals surface area contributed by atoms with Crippen LogP contribution in [0.4, 0.5) is 4.39 Å². The molecule has 4 aromatic rings. The van der Waals surface area contributed by atoms with Gasteiger partial charge in [-0.15, -0.1) is 0 Å². The van der Waals surface area contributed by atoms with Gasteiger partial charge in [0.15, 0.2) is 0 Å². The molecule has 2 aliphatic rings. The van der Waals surface area contributed by atoms with E-state index in [9.17, 15) is 14.0 Å². The Hall–Kier alpha value is -3.47. The predicted molar refractivity (Wildman–Crippen MR) is 95.8 cm³/mol. The number of carbonyl (C=O) groups is 2. The Labute approximate surface area is 146 Å². The molecule has 124 valence electrons. The van der Waals surface area contributed by atoms with Crippen LogP contribution >= 0.6 is 0 Å². The highest BCUT2D eigenvalue weighted by atomic mass is 19.1. The molecule has 0 saturated carbocycles. The largest absolute Gasteiger partial charge is 0.354 e. The maximum atomic E-state index is 13.9. The summed E-state index contributed by atoms with van der Waals surface area (Å²) in [4.78, 5) is 28.6. The number of carbonyl (C=O) groups excluding carboxylic acids is 2. The van der Waals surface area contributed by atoms with Crippen molar-refractivity contribution in [3.63, 3.8) is 0 Å². The Balaban J connectivity index is 1.89. The number of amides is 2. The van der Waals surface area contributed by atoms with E-state index in [4.69, 9.17) is 0 Å². The number of para-hydroxylation sites is 1. The highest BCUT2D eigenvalue weighted by Gasteiger charge is 2.38. The van der Waals surface area contributed by atoms with E-state index in [2.05, 4.69) is 10.3 Å². The van der Waals surface area contributed by atoms with Crippen LogP contribution in [0.3, 0.4) is 0 Å². The molecular weight excluding hydrogens is 331 g/mol. The van der Waals surface area contributed by atoms with Crippen molar-refractivity contribution >= 4 is 33.6 Å². The van der Waals surface area contributed by atoms with E-state index in [0.29, 0.717) is 28.7 Å². The van der Waals surface area contributed by atoms with Crippen molar-refractivity contribution in [2.75, 3.05) is 0 Å². The first kappa shape index (κ1) is 13.8. The number of imide groups is 1. The molecule has 4 nitrogen and oxygen atoms in total. The van der Waals surface area contributed by atoms with Crippen molar-refractivity contribution in [3.05, 3.63) is 70.5 Å². The zero-order valence-corrected chi connectivity index (χ0v) is 13.4. The first-order valence-corrected chi connectivity index (χ1v) is 8.37. The number of hydrogen-bond donors (Lipinski definition) is 2. The lowest BCUT2D eigenvalue weighted by Gasteiger charge is -2.09. The summed E-state index contributed by atoms with van der Waals surface area (Å²) < 4.78 is 13.9. The Kier molecular flexibility index (Phi) is 2.32. The fourth-order valence-corrected chi connectivity index (χ4v) is 4.44. The minimum Gasteiger partial charge on any atom is -0.354 e. The van der Waals surface area contributed by atoms with Gasteiger partial charge in [0, 0.05) is 28.3 Å². The fraction of sp³-hybridized carbons (Fsp3) is 0.0476. The first-order chi connectivity index (χ1) is 12.6. The maximum absolute atomic E-state index is 13.9. The van der Waals surface area contributed by atoms with Crippen molar-refractivity contribution < 1.29 is 14.0 Å². The van der Waals surface area contributed by atoms with Gasteiger partial charge in [0.05, 0.1) is 16.6 Å². The molecule has 26 heavy (non-hydrogen) atoms. The van der Waals surface area contributed by atoms with Crippen LogP contribution in [0.5, 0.6) is 0 Å². The van der Waals surface area contributed by atoms with Crippen LogP contribution in [0, 0.1) is 5.82 Å². The highest BCUT2D eigenvalue weighted by molar-refractivity contribution is 6.33. The zero-order chi connectivity index (χ0) is 17.6. The smallest absolute Gasteiger partial charge is 0.259 e. The maximum Gasteiger partial charge on any atom is 0.259 e. The van der Waals surface area contributed by atoms with Gasteiger partial charge >= 0.3 is 0 Å². The quantitative estimate of drug-likeness (QED) is 0.419. The molecule has 2 heterocycles. The molecule has 3 aromatic carbocycles. The Morgan fingerprint density at radius 1 is 0.923 bits per heavy atom. The minimum absolute atomic E-state index is 0.355. The summed E-state index contributed by atoms with van der Waals surface area (Å²) in [6, 6.07) is 12.4. The lowest BCUT2D eigenvalue weighted by Crippen LogP contribution is -2.20. The second-order valence-corrected chi connectivity index (χ2v) is 6.79. The van der Waals surface area contributed by atoms with Crippen LogP contribution in [-0.4, -0.2) is 16.8 Å². The topological polar surface area (TPSA) is 62.0 Å². The van der Waals surface area contributed by atoms with Gasteiger partial charge in [-0.3, -0.25) is 14.9 Å². The number of hydrogen-bond acceptors (Lipinski definition) is 2. The summed E-state index contributed by atoms with van der Waals surface area (Å²) in [6.45, 7) is 0. The van der Waals surface area contributed by atoms with Crippen molar-refractivity contribution in [1.29, 1.82) is 0 Å². The van der Waals surface area contributed by atoms with Crippen molar-refractivity contribution in [2.45, 2.75) is 6.42 Å². The highest BCUT2D eigenvalue weighted by Crippen LogP contribution is 2.47. The number of rotatable bonds is 0. The second kappa shape index (κ2) is 4.38. The lowest BCUT2D eigenvalue weighted by molar-refractivity contribution is 0.0880. The molecule has 0 unspecified atom stereocenters. The van der Waals surface area contributed by atoms with Crippen LogP contribution in [0.25, 0.3) is 32.9 Å². The molecule has 6 rings (SSSR count). The summed E-state index contributed by atoms with van der Waals surface area (Å²) in [5, 5.41) is 4.10. The Morgan fingerprint density at radius 2 is 1.73 bits per heavy atom. The van der Waals surface area contributed by atoms with E-state index in [1.807, 2.05) is 24.3 Å². The van der Waals surface area contributed by atoms with Crippen LogP contribution in [0.1, 0.15) is 31.8 Å². The van der Waals surface area contributed by atoms with Gasteiger partial charge in [0.25, 0.3) is 11.8 Å². The van der Waals surface area contributed by atoms with Gasteiger partial charge in [-0.2, -0.15) is 0 Å². The molecule has 0 fully saturated rings. The van der Waals surface area contributed by atoms with Gasteiger partial charge < -0.3 is 4.98 Å². The molecule has 0 spiro atoms. The zero-order valence-electron chi connectivity index (χ0n) is 13.4. The summed E-state index contributed by atoms with van der Waals surface area (Å²) in [5.74, 6) is -1.16. The van der Waals surface area contributed by atoms with Crippen LogP contribution in [-0.2, 0) is 6.42 Å². The van der Waals surface area contributed by atoms with Gasteiger partial charge in [0.2, 0.25) is 0 Å². The number of H-pyrrole nitrogens is 1. The molecular formula is C21H11FN2O2. The predicted octanol–water partition coefficient (Wildman–Crippen LogP) is 3.92. The molecule has 5 heteroatoms. The van der Waals surface area contributed by atoms with Crippen LogP contribution in [0.15, 0.2) is 42.5 Å². The third-order valence-electron chi connectivity index (χ3n) is 5.45. The molecule has 0 radical (unpaired) electrons. The molecule has 2 N–H and O–H groups in total. The van der Waals surface area contributed by atoms with E-state index in [-0.39, 0.29) is 5.82 Å². The normalized spacial score (nSPS) is 14.7. The Morgan fingerprint density at radius 3 is 2.62 bits per heavy atom. The lowest BCUT2D eigenvalue weighted by atomic mass is 9.92. The number of aromatic nitrogens is 1. The Bertz CT molecular complexity index is 1330. The number of halogens is 1. The van der Waals surface area contributed by atoms with Crippen molar-refractivity contribution in [2.24, 2.45) is 0 Å². The SMILES string of the molecule is O=C1NC(=O)c2c1c1c(c3[nH]c4ccccc4c23)Cc2ccc(F)cc2-1. The minimum atomic E-state index is -0.412. The van der Waals surface area contributed by atoms with Gasteiger partial charge in [-0.05, 0) is 34.9 Å². The molecule has 0 saturated heterocycles. The summed E-state index contributed by atoms with van der Waals surface area (Å²) in [7, 11) is 0. The number of fused-ring (bicyclic) bond motifs is 10. The van der Waals surface area contributed by atoms with Gasteiger partial charge in [0.1, 0.15) is 5.82 Å². The van der Waals surface area contributed by atoms with Crippen LogP contribution < -0.4 is 5.32 Å². The first-order valence-electron chi connectivity index (χ1n) is 8.37. The van der Waals surface area contributed by atoms with Gasteiger partial charge in [-0.25, -0.2) is 4.39 Å². The van der Waals surface area contributed by atoms with Crippen molar-refractivity contribution in [3.8, 4) is 11.1 Å². The second-order valence-electron chi connectivity index (χ2n) is 6.79. The summed E-state index contributed by atoms with van der Waals surface area (Å²) >= 11 is 0. The average molecular weight is 342 g/mol. The standard InChI is InChI=1S/C21H11FN2O2/c22-10-6-5-9-7-13-15(12(9)8-10)17-18(21(26)24-20(17)25)16-11-3-1-2-4-14(11)23-19(13)16/h1-6,8,23H,7H2,(H,24,25,26). The number of aromatic amines is 1. The summed E-state index contributed by atoms with van der Waals surface area (Å²) in [6.07, 6.45) is 0.600. The molecule has 0 bridgehead atoms. The monoisotopic (exact) mass is 342 g/mol.